The minimum Gasteiger partial charge on any atom is -0.359 e. The quantitative estimate of drug-likeness (QED) is 0.865. The van der Waals surface area contributed by atoms with Gasteiger partial charge in [-0.1, -0.05) is 31.4 Å². The van der Waals surface area contributed by atoms with Gasteiger partial charge in [0.2, 0.25) is 0 Å². The van der Waals surface area contributed by atoms with Gasteiger partial charge in [0, 0.05) is 26.3 Å². The molecule has 4 heteroatoms. The fourth-order valence-corrected chi connectivity index (χ4v) is 2.92. The standard InChI is InChI=1S/C15H24ClN3/c1-3-17-9-13-8-15(18-10-14(13)16)19(2)11-12-6-4-5-7-12/h8,10,12,17H,3-7,9,11H2,1-2H3. The van der Waals surface area contributed by atoms with Crippen LogP contribution in [-0.2, 0) is 6.54 Å². The topological polar surface area (TPSA) is 28.2 Å². The zero-order chi connectivity index (χ0) is 13.7. The highest BCUT2D eigenvalue weighted by molar-refractivity contribution is 6.31. The molecule has 1 aromatic heterocycles. The van der Waals surface area contributed by atoms with Crippen molar-refractivity contribution in [3.63, 3.8) is 0 Å². The lowest BCUT2D eigenvalue weighted by Gasteiger charge is -2.22. The van der Waals surface area contributed by atoms with Crippen molar-refractivity contribution >= 4 is 17.4 Å². The molecule has 1 fully saturated rings. The van der Waals surface area contributed by atoms with Gasteiger partial charge in [-0.25, -0.2) is 4.98 Å². The first-order valence-corrected chi connectivity index (χ1v) is 7.64. The van der Waals surface area contributed by atoms with E-state index in [0.717, 1.165) is 42.0 Å². The maximum Gasteiger partial charge on any atom is 0.128 e. The van der Waals surface area contributed by atoms with Crippen molar-refractivity contribution in [2.75, 3.05) is 25.0 Å². The van der Waals surface area contributed by atoms with E-state index in [2.05, 4.69) is 35.2 Å². The van der Waals surface area contributed by atoms with E-state index < -0.39 is 0 Å². The van der Waals surface area contributed by atoms with E-state index in [4.69, 9.17) is 11.6 Å². The summed E-state index contributed by atoms with van der Waals surface area (Å²) >= 11 is 6.19. The van der Waals surface area contributed by atoms with Gasteiger partial charge in [-0.2, -0.15) is 0 Å². The fraction of sp³-hybridized carbons (Fsp3) is 0.667. The number of halogens is 1. The summed E-state index contributed by atoms with van der Waals surface area (Å²) in [5.41, 5.74) is 1.13. The Kier molecular flexibility index (Phi) is 5.46. The number of nitrogens with one attached hydrogen (secondary N) is 1. The van der Waals surface area contributed by atoms with Gasteiger partial charge in [-0.05, 0) is 36.9 Å². The highest BCUT2D eigenvalue weighted by Gasteiger charge is 2.17. The number of hydrogen-bond donors (Lipinski definition) is 1. The molecule has 0 spiro atoms. The first-order chi connectivity index (χ1) is 9.20. The summed E-state index contributed by atoms with van der Waals surface area (Å²) in [4.78, 5) is 6.72. The number of anilines is 1. The lowest BCUT2D eigenvalue weighted by molar-refractivity contribution is 0.545. The van der Waals surface area contributed by atoms with E-state index in [1.165, 1.54) is 25.7 Å². The second kappa shape index (κ2) is 7.11. The van der Waals surface area contributed by atoms with Crippen molar-refractivity contribution in [3.8, 4) is 0 Å². The molecule has 0 aliphatic heterocycles. The van der Waals surface area contributed by atoms with Crippen LogP contribution in [0.15, 0.2) is 12.3 Å². The van der Waals surface area contributed by atoms with Gasteiger partial charge in [-0.3, -0.25) is 0 Å². The van der Waals surface area contributed by atoms with Gasteiger partial charge >= 0.3 is 0 Å². The van der Waals surface area contributed by atoms with Gasteiger partial charge in [0.1, 0.15) is 5.82 Å². The van der Waals surface area contributed by atoms with E-state index >= 15 is 0 Å². The Labute approximate surface area is 121 Å². The van der Waals surface area contributed by atoms with Crippen LogP contribution in [0.2, 0.25) is 5.02 Å². The van der Waals surface area contributed by atoms with Gasteiger partial charge in [0.15, 0.2) is 0 Å². The third-order valence-electron chi connectivity index (χ3n) is 3.88. The van der Waals surface area contributed by atoms with Crippen LogP contribution in [-0.4, -0.2) is 25.1 Å². The van der Waals surface area contributed by atoms with Crippen LogP contribution in [0.5, 0.6) is 0 Å². The molecule has 0 aromatic carbocycles. The van der Waals surface area contributed by atoms with Crippen molar-refractivity contribution < 1.29 is 0 Å². The van der Waals surface area contributed by atoms with Crippen LogP contribution in [0.3, 0.4) is 0 Å². The number of hydrogen-bond acceptors (Lipinski definition) is 3. The highest BCUT2D eigenvalue weighted by Crippen LogP contribution is 2.27. The Morgan fingerprint density at radius 2 is 2.16 bits per heavy atom. The van der Waals surface area contributed by atoms with Crippen LogP contribution in [0.1, 0.15) is 38.2 Å². The zero-order valence-electron chi connectivity index (χ0n) is 12.0. The van der Waals surface area contributed by atoms with E-state index in [9.17, 15) is 0 Å². The fourth-order valence-electron chi connectivity index (χ4n) is 2.75. The average Bonchev–Trinajstić information content (AvgIpc) is 2.90. The first kappa shape index (κ1) is 14.6. The summed E-state index contributed by atoms with van der Waals surface area (Å²) in [6.45, 7) is 4.96. The van der Waals surface area contributed by atoms with E-state index in [-0.39, 0.29) is 0 Å². The maximum absolute atomic E-state index is 6.19. The summed E-state index contributed by atoms with van der Waals surface area (Å²) in [7, 11) is 2.13. The molecular formula is C15H24ClN3. The molecule has 1 saturated carbocycles. The zero-order valence-corrected chi connectivity index (χ0v) is 12.7. The first-order valence-electron chi connectivity index (χ1n) is 7.27. The Morgan fingerprint density at radius 3 is 2.84 bits per heavy atom. The summed E-state index contributed by atoms with van der Waals surface area (Å²) in [5.74, 6) is 1.86. The predicted molar refractivity (Wildman–Crippen MR) is 81.9 cm³/mol. The largest absolute Gasteiger partial charge is 0.359 e. The van der Waals surface area contributed by atoms with Crippen LogP contribution in [0, 0.1) is 5.92 Å². The molecule has 3 nitrogen and oxygen atoms in total. The van der Waals surface area contributed by atoms with Gasteiger partial charge in [-0.15, -0.1) is 0 Å². The molecule has 106 valence electrons. The smallest absolute Gasteiger partial charge is 0.128 e. The number of aromatic nitrogens is 1. The molecule has 1 aliphatic carbocycles. The molecule has 0 bridgehead atoms. The molecule has 0 saturated heterocycles. The van der Waals surface area contributed by atoms with Gasteiger partial charge in [0.05, 0.1) is 5.02 Å². The monoisotopic (exact) mass is 281 g/mol. The lowest BCUT2D eigenvalue weighted by atomic mass is 10.1. The third-order valence-corrected chi connectivity index (χ3v) is 4.22. The highest BCUT2D eigenvalue weighted by atomic mass is 35.5. The SMILES string of the molecule is CCNCc1cc(N(C)CC2CCCC2)ncc1Cl. The van der Waals surface area contributed by atoms with Crippen LogP contribution >= 0.6 is 11.6 Å². The van der Waals surface area contributed by atoms with Crippen molar-refractivity contribution in [3.05, 3.63) is 22.8 Å². The van der Waals surface area contributed by atoms with Crippen LogP contribution in [0.25, 0.3) is 0 Å². The summed E-state index contributed by atoms with van der Waals surface area (Å²) in [6, 6.07) is 2.11. The molecule has 2 rings (SSSR count). The van der Waals surface area contributed by atoms with Crippen molar-refractivity contribution in [2.24, 2.45) is 5.92 Å². The Hall–Kier alpha value is -0.800. The van der Waals surface area contributed by atoms with Crippen molar-refractivity contribution in [1.82, 2.24) is 10.3 Å². The van der Waals surface area contributed by atoms with Gasteiger partial charge in [0.25, 0.3) is 0 Å². The Morgan fingerprint density at radius 1 is 1.42 bits per heavy atom. The molecule has 0 radical (unpaired) electrons. The number of pyridine rings is 1. The summed E-state index contributed by atoms with van der Waals surface area (Å²) in [6.07, 6.45) is 7.27. The second-order valence-corrected chi connectivity index (χ2v) is 5.85. The van der Waals surface area contributed by atoms with Crippen molar-refractivity contribution in [2.45, 2.75) is 39.2 Å². The maximum atomic E-state index is 6.19. The Balaban J connectivity index is 2.01. The van der Waals surface area contributed by atoms with Crippen LogP contribution < -0.4 is 10.2 Å². The van der Waals surface area contributed by atoms with Gasteiger partial charge < -0.3 is 10.2 Å². The number of rotatable bonds is 6. The minimum absolute atomic E-state index is 0.749. The minimum atomic E-state index is 0.749. The normalized spacial score (nSPS) is 15.9. The summed E-state index contributed by atoms with van der Waals surface area (Å²) < 4.78 is 0. The molecule has 0 amide bonds. The second-order valence-electron chi connectivity index (χ2n) is 5.45. The third kappa shape index (κ3) is 4.08. The average molecular weight is 282 g/mol. The Bertz CT molecular complexity index is 402. The lowest BCUT2D eigenvalue weighted by Crippen LogP contribution is -2.25. The molecule has 1 N–H and O–H groups in total. The molecule has 0 unspecified atom stereocenters. The van der Waals surface area contributed by atoms with E-state index in [1.54, 1.807) is 6.20 Å². The van der Waals surface area contributed by atoms with Crippen LogP contribution in [0.4, 0.5) is 5.82 Å². The predicted octanol–water partition coefficient (Wildman–Crippen LogP) is 3.47. The molecule has 1 heterocycles. The molecular weight excluding hydrogens is 258 g/mol. The number of nitrogens with zero attached hydrogens (tertiary/aromatic N) is 2. The molecule has 0 atom stereocenters. The van der Waals surface area contributed by atoms with E-state index in [1.807, 2.05) is 0 Å². The summed E-state index contributed by atoms with van der Waals surface area (Å²) in [5, 5.41) is 4.06. The van der Waals surface area contributed by atoms with Crippen molar-refractivity contribution in [1.29, 1.82) is 0 Å². The molecule has 1 aliphatic rings. The van der Waals surface area contributed by atoms with E-state index in [0.29, 0.717) is 0 Å². The molecule has 19 heavy (non-hydrogen) atoms. The molecule has 1 aromatic rings.